The van der Waals surface area contributed by atoms with Crippen molar-refractivity contribution in [1.29, 1.82) is 0 Å². The lowest BCUT2D eigenvalue weighted by Gasteiger charge is -2.35. The maximum absolute atomic E-state index is 12.4. The van der Waals surface area contributed by atoms with Crippen LogP contribution in [0.5, 0.6) is 0 Å². The predicted molar refractivity (Wildman–Crippen MR) is 122 cm³/mol. The zero-order valence-electron chi connectivity index (χ0n) is 15.5. The van der Waals surface area contributed by atoms with Crippen molar-refractivity contribution in [3.05, 3.63) is 60.2 Å². The highest BCUT2D eigenvalue weighted by atomic mass is 127. The van der Waals surface area contributed by atoms with Gasteiger partial charge < -0.3 is 20.9 Å². The van der Waals surface area contributed by atoms with Gasteiger partial charge >= 0.3 is 0 Å². The van der Waals surface area contributed by atoms with Gasteiger partial charge in [0.05, 0.1) is 0 Å². The lowest BCUT2D eigenvalue weighted by molar-refractivity contribution is -0.129. The highest BCUT2D eigenvalue weighted by Crippen LogP contribution is 2.15. The highest BCUT2D eigenvalue weighted by Gasteiger charge is 2.20. The number of nitrogens with one attached hydrogen (secondary N) is 1. The lowest BCUT2D eigenvalue weighted by Crippen LogP contribution is -2.49. The van der Waals surface area contributed by atoms with Crippen molar-refractivity contribution in [2.45, 2.75) is 6.92 Å². The molecule has 27 heavy (non-hydrogen) atoms. The summed E-state index contributed by atoms with van der Waals surface area (Å²) < 4.78 is 0. The molecule has 1 heterocycles. The van der Waals surface area contributed by atoms with Crippen LogP contribution in [0.25, 0.3) is 0 Å². The van der Waals surface area contributed by atoms with E-state index in [0.29, 0.717) is 13.1 Å². The van der Waals surface area contributed by atoms with Gasteiger partial charge in [0.25, 0.3) is 0 Å². The number of guanidine groups is 1. The molecule has 144 valence electrons. The molecular formula is C20H26IN5O. The van der Waals surface area contributed by atoms with E-state index in [2.05, 4.69) is 27.3 Å². The van der Waals surface area contributed by atoms with Gasteiger partial charge in [-0.25, -0.2) is 4.99 Å². The Morgan fingerprint density at radius 3 is 2.44 bits per heavy atom. The Balaban J connectivity index is 0.00000261. The number of nitrogens with two attached hydrogens (primary N) is 1. The van der Waals surface area contributed by atoms with Gasteiger partial charge in [-0.1, -0.05) is 30.3 Å². The number of hydrogen-bond donors (Lipinski definition) is 2. The van der Waals surface area contributed by atoms with Crippen molar-refractivity contribution in [3.8, 4) is 0 Å². The number of carbonyl (C=O) groups excluding carboxylic acids is 1. The fourth-order valence-corrected chi connectivity index (χ4v) is 3.02. The van der Waals surface area contributed by atoms with Gasteiger partial charge in [-0.15, -0.1) is 24.0 Å². The van der Waals surface area contributed by atoms with E-state index in [0.717, 1.165) is 24.3 Å². The maximum atomic E-state index is 12.4. The Bertz CT molecular complexity index is 773. The number of benzene rings is 2. The number of rotatable bonds is 4. The van der Waals surface area contributed by atoms with Gasteiger partial charge in [0.2, 0.25) is 5.91 Å². The first-order chi connectivity index (χ1) is 12.6. The van der Waals surface area contributed by atoms with E-state index >= 15 is 0 Å². The molecule has 1 aliphatic heterocycles. The first-order valence-corrected chi connectivity index (χ1v) is 8.83. The fourth-order valence-electron chi connectivity index (χ4n) is 3.02. The molecule has 7 heteroatoms. The molecule has 0 saturated carbocycles. The van der Waals surface area contributed by atoms with Gasteiger partial charge in [0, 0.05) is 37.6 Å². The van der Waals surface area contributed by atoms with E-state index in [-0.39, 0.29) is 42.4 Å². The fraction of sp³-hybridized carbons (Fsp3) is 0.300. The number of hydrogen-bond acceptors (Lipinski definition) is 3. The molecule has 0 unspecified atom stereocenters. The second-order valence-corrected chi connectivity index (χ2v) is 6.40. The summed E-state index contributed by atoms with van der Waals surface area (Å²) in [7, 11) is 0. The molecule has 0 radical (unpaired) electrons. The molecule has 0 atom stereocenters. The van der Waals surface area contributed by atoms with Gasteiger partial charge in [0.1, 0.15) is 6.54 Å². The van der Waals surface area contributed by atoms with E-state index < -0.39 is 0 Å². The van der Waals surface area contributed by atoms with Crippen molar-refractivity contribution >= 4 is 47.2 Å². The molecule has 0 aliphatic carbocycles. The summed E-state index contributed by atoms with van der Waals surface area (Å²) in [5, 5.41) is 3.02. The molecular weight excluding hydrogens is 453 g/mol. The Morgan fingerprint density at radius 1 is 1.07 bits per heavy atom. The standard InChI is InChI=1S/C20H25N5O.HI/c1-16-6-5-7-17(14-16)23-20(21)22-15-19(26)25-12-10-24(11-13-25)18-8-3-2-4-9-18;/h2-9,14H,10-13,15H2,1H3,(H3,21,22,23);1H. The largest absolute Gasteiger partial charge is 0.370 e. The minimum atomic E-state index is 0. The molecule has 2 aromatic carbocycles. The van der Waals surface area contributed by atoms with Gasteiger partial charge in [-0.05, 0) is 36.8 Å². The van der Waals surface area contributed by atoms with Gasteiger partial charge in [-0.3, -0.25) is 4.79 Å². The molecule has 1 fully saturated rings. The molecule has 1 aliphatic rings. The van der Waals surface area contributed by atoms with Gasteiger partial charge in [0.15, 0.2) is 5.96 Å². The topological polar surface area (TPSA) is 74.0 Å². The number of piperazine rings is 1. The number of halogens is 1. The third kappa shape index (κ3) is 6.13. The Labute approximate surface area is 177 Å². The summed E-state index contributed by atoms with van der Waals surface area (Å²) in [5.41, 5.74) is 9.09. The number of aliphatic imine (C=N–C) groups is 1. The van der Waals surface area contributed by atoms with Crippen LogP contribution in [0, 0.1) is 6.92 Å². The third-order valence-electron chi connectivity index (χ3n) is 4.43. The average Bonchev–Trinajstić information content (AvgIpc) is 2.67. The van der Waals surface area contributed by atoms with Gasteiger partial charge in [-0.2, -0.15) is 0 Å². The van der Waals surface area contributed by atoms with Crippen LogP contribution in [0.2, 0.25) is 0 Å². The number of carbonyl (C=O) groups is 1. The highest BCUT2D eigenvalue weighted by molar-refractivity contribution is 14.0. The van der Waals surface area contributed by atoms with E-state index in [4.69, 9.17) is 5.73 Å². The zero-order valence-corrected chi connectivity index (χ0v) is 17.8. The van der Waals surface area contributed by atoms with Crippen molar-refractivity contribution in [1.82, 2.24) is 4.90 Å². The predicted octanol–water partition coefficient (Wildman–Crippen LogP) is 2.69. The molecule has 1 saturated heterocycles. The second kappa shape index (κ2) is 10.1. The molecule has 0 bridgehead atoms. The first-order valence-electron chi connectivity index (χ1n) is 8.83. The number of amides is 1. The summed E-state index contributed by atoms with van der Waals surface area (Å²) in [6, 6.07) is 18.1. The Kier molecular flexibility index (Phi) is 7.90. The summed E-state index contributed by atoms with van der Waals surface area (Å²) in [6.07, 6.45) is 0. The van der Waals surface area contributed by atoms with E-state index in [1.165, 1.54) is 5.69 Å². The average molecular weight is 479 g/mol. The van der Waals surface area contributed by atoms with Crippen LogP contribution in [0.15, 0.2) is 59.6 Å². The summed E-state index contributed by atoms with van der Waals surface area (Å²) in [5.74, 6) is 0.263. The molecule has 0 spiro atoms. The molecule has 6 nitrogen and oxygen atoms in total. The normalized spacial score (nSPS) is 14.5. The lowest BCUT2D eigenvalue weighted by atomic mass is 10.2. The maximum Gasteiger partial charge on any atom is 0.244 e. The third-order valence-corrected chi connectivity index (χ3v) is 4.43. The van der Waals surface area contributed by atoms with Crippen molar-refractivity contribution in [3.63, 3.8) is 0 Å². The summed E-state index contributed by atoms with van der Waals surface area (Å²) in [6.45, 7) is 5.14. The smallest absolute Gasteiger partial charge is 0.244 e. The van der Waals surface area contributed by atoms with E-state index in [9.17, 15) is 4.79 Å². The van der Waals surface area contributed by atoms with Crippen LogP contribution in [-0.2, 0) is 4.79 Å². The Hall–Kier alpha value is -2.29. The van der Waals surface area contributed by atoms with E-state index in [1.54, 1.807) is 0 Å². The minimum Gasteiger partial charge on any atom is -0.370 e. The number of para-hydroxylation sites is 1. The van der Waals surface area contributed by atoms with Crippen LogP contribution in [0.1, 0.15) is 5.56 Å². The number of nitrogens with zero attached hydrogens (tertiary/aromatic N) is 3. The number of aryl methyl sites for hydroxylation is 1. The second-order valence-electron chi connectivity index (χ2n) is 6.40. The van der Waals surface area contributed by atoms with Crippen LogP contribution in [0.3, 0.4) is 0 Å². The number of anilines is 2. The molecule has 2 aromatic rings. The van der Waals surface area contributed by atoms with E-state index in [1.807, 2.05) is 54.3 Å². The summed E-state index contributed by atoms with van der Waals surface area (Å²) >= 11 is 0. The van der Waals surface area contributed by atoms with Crippen LogP contribution >= 0.6 is 24.0 Å². The van der Waals surface area contributed by atoms with Crippen molar-refractivity contribution < 1.29 is 4.79 Å². The first kappa shape index (κ1) is 21.0. The molecule has 1 amide bonds. The monoisotopic (exact) mass is 479 g/mol. The van der Waals surface area contributed by atoms with Crippen molar-refractivity contribution in [2.24, 2.45) is 10.7 Å². The quantitative estimate of drug-likeness (QED) is 0.402. The Morgan fingerprint density at radius 2 is 1.78 bits per heavy atom. The molecule has 0 aromatic heterocycles. The SMILES string of the molecule is Cc1cccc(NC(N)=NCC(=O)N2CCN(c3ccccc3)CC2)c1.I. The van der Waals surface area contributed by atoms with Crippen LogP contribution in [0.4, 0.5) is 11.4 Å². The van der Waals surface area contributed by atoms with Crippen LogP contribution in [-0.4, -0.2) is 49.5 Å². The zero-order chi connectivity index (χ0) is 18.4. The van der Waals surface area contributed by atoms with Crippen molar-refractivity contribution in [2.75, 3.05) is 42.9 Å². The molecule has 3 N–H and O–H groups in total. The minimum absolute atomic E-state index is 0. The summed E-state index contributed by atoms with van der Waals surface area (Å²) in [4.78, 5) is 20.7. The van der Waals surface area contributed by atoms with Crippen LogP contribution < -0.4 is 16.0 Å². The molecule has 3 rings (SSSR count).